The van der Waals surface area contributed by atoms with Crippen LogP contribution in [0.1, 0.15) is 186 Å². The zero-order valence-corrected chi connectivity index (χ0v) is 27.9. The molecular weight excluding hydrogens is 494 g/mol. The average molecular weight is 564 g/mol. The molecule has 0 aliphatic carbocycles. The van der Waals surface area contributed by atoms with Crippen LogP contribution in [0.3, 0.4) is 0 Å². The van der Waals surface area contributed by atoms with Crippen LogP contribution < -0.4 is 12.4 Å². The van der Waals surface area contributed by atoms with Crippen LogP contribution in [0, 0.1) is 0 Å². The van der Waals surface area contributed by atoms with Crippen molar-refractivity contribution >= 4 is 0 Å². The van der Waals surface area contributed by atoms with E-state index >= 15 is 0 Å². The second kappa shape index (κ2) is 27.6. The molecule has 1 aromatic carbocycles. The number of hydrogen-bond acceptors (Lipinski definition) is 0. The summed E-state index contributed by atoms with van der Waals surface area (Å²) in [6.45, 7) is 5.93. The summed E-state index contributed by atoms with van der Waals surface area (Å²) in [7, 11) is 4.99. The van der Waals surface area contributed by atoms with Crippen molar-refractivity contribution in [2.75, 3.05) is 20.6 Å². The van der Waals surface area contributed by atoms with Crippen LogP contribution in [-0.4, -0.2) is 25.1 Å². The standard InChI is InChI=1S/C37H70N.ClH/c1-5-7-9-11-13-15-17-18-19-20-22-24-26-31-35-38(3,4)37(36-32-28-27-29-33-36)34-30-25-23-21-16-14-12-10-8-6-2;/h27-29,32-33,37H,5-26,30-31,34-35H2,1-4H3;1H/q+1;/p-1. The minimum Gasteiger partial charge on any atom is -1.00 e. The van der Waals surface area contributed by atoms with Crippen LogP contribution in [0.4, 0.5) is 0 Å². The quantitative estimate of drug-likeness (QED) is 0.0703. The largest absolute Gasteiger partial charge is 1.00 e. The summed E-state index contributed by atoms with van der Waals surface area (Å²) in [6.07, 6.45) is 35.8. The highest BCUT2D eigenvalue weighted by Crippen LogP contribution is 2.31. The highest BCUT2D eigenvalue weighted by atomic mass is 35.5. The zero-order chi connectivity index (χ0) is 27.6. The number of hydrogen-bond donors (Lipinski definition) is 0. The third-order valence-corrected chi connectivity index (χ3v) is 8.95. The first-order valence-corrected chi connectivity index (χ1v) is 17.5. The number of nitrogens with zero attached hydrogens (tertiary/aromatic N) is 1. The van der Waals surface area contributed by atoms with Gasteiger partial charge in [0, 0.05) is 12.0 Å². The van der Waals surface area contributed by atoms with E-state index < -0.39 is 0 Å². The Hall–Kier alpha value is -0.530. The Morgan fingerprint density at radius 3 is 1.18 bits per heavy atom. The van der Waals surface area contributed by atoms with Gasteiger partial charge < -0.3 is 16.9 Å². The predicted molar refractivity (Wildman–Crippen MR) is 173 cm³/mol. The summed E-state index contributed by atoms with van der Waals surface area (Å²) in [5.74, 6) is 0. The van der Waals surface area contributed by atoms with E-state index in [0.29, 0.717) is 6.04 Å². The van der Waals surface area contributed by atoms with Gasteiger partial charge in [0.25, 0.3) is 0 Å². The molecular formula is C37H70ClN. The molecule has 0 N–H and O–H groups in total. The maximum Gasteiger partial charge on any atom is 0.114 e. The van der Waals surface area contributed by atoms with Crippen molar-refractivity contribution in [3.63, 3.8) is 0 Å². The summed E-state index contributed by atoms with van der Waals surface area (Å²) in [5, 5.41) is 0. The molecule has 0 spiro atoms. The van der Waals surface area contributed by atoms with Gasteiger partial charge in [-0.05, 0) is 19.3 Å². The maximum atomic E-state index is 2.50. The number of rotatable bonds is 28. The topological polar surface area (TPSA) is 0 Å². The third kappa shape index (κ3) is 21.8. The smallest absolute Gasteiger partial charge is 0.114 e. The molecule has 1 aromatic rings. The van der Waals surface area contributed by atoms with E-state index in [9.17, 15) is 0 Å². The normalized spacial score (nSPS) is 12.4. The Morgan fingerprint density at radius 2 is 0.795 bits per heavy atom. The van der Waals surface area contributed by atoms with Gasteiger partial charge in [0.2, 0.25) is 0 Å². The Kier molecular flexibility index (Phi) is 27.3. The van der Waals surface area contributed by atoms with Crippen molar-refractivity contribution in [1.82, 2.24) is 0 Å². The fraction of sp³-hybridized carbons (Fsp3) is 0.838. The molecule has 0 aliphatic heterocycles. The van der Waals surface area contributed by atoms with Gasteiger partial charge in [-0.3, -0.25) is 0 Å². The highest BCUT2D eigenvalue weighted by molar-refractivity contribution is 5.17. The fourth-order valence-electron chi connectivity index (χ4n) is 6.29. The lowest BCUT2D eigenvalue weighted by molar-refractivity contribution is -0.921. The van der Waals surface area contributed by atoms with Gasteiger partial charge in [-0.15, -0.1) is 0 Å². The van der Waals surface area contributed by atoms with E-state index in [0.717, 1.165) is 4.48 Å². The lowest BCUT2D eigenvalue weighted by atomic mass is 9.96. The first-order valence-electron chi connectivity index (χ1n) is 17.5. The van der Waals surface area contributed by atoms with Crippen LogP contribution in [0.15, 0.2) is 30.3 Å². The second-order valence-electron chi connectivity index (χ2n) is 13.0. The van der Waals surface area contributed by atoms with Gasteiger partial charge in [-0.1, -0.05) is 179 Å². The molecule has 0 saturated heterocycles. The van der Waals surface area contributed by atoms with E-state index in [-0.39, 0.29) is 12.4 Å². The van der Waals surface area contributed by atoms with Crippen molar-refractivity contribution in [1.29, 1.82) is 0 Å². The molecule has 0 radical (unpaired) electrons. The fourth-order valence-corrected chi connectivity index (χ4v) is 6.29. The molecule has 230 valence electrons. The number of benzene rings is 1. The third-order valence-electron chi connectivity index (χ3n) is 8.95. The van der Waals surface area contributed by atoms with Crippen molar-refractivity contribution < 1.29 is 16.9 Å². The summed E-state index contributed by atoms with van der Waals surface area (Å²) in [6, 6.07) is 12.1. The minimum absolute atomic E-state index is 0. The van der Waals surface area contributed by atoms with Crippen LogP contribution >= 0.6 is 0 Å². The molecule has 0 aromatic heterocycles. The molecule has 1 rings (SSSR count). The first-order chi connectivity index (χ1) is 18.6. The molecule has 0 amide bonds. The Labute approximate surface area is 253 Å². The maximum absolute atomic E-state index is 2.50. The van der Waals surface area contributed by atoms with E-state index in [1.807, 2.05) is 0 Å². The Morgan fingerprint density at radius 1 is 0.462 bits per heavy atom. The van der Waals surface area contributed by atoms with E-state index in [1.165, 1.54) is 167 Å². The summed E-state index contributed by atoms with van der Waals surface area (Å²) in [5.41, 5.74) is 1.55. The Balaban J connectivity index is 0.0000144. The van der Waals surface area contributed by atoms with Gasteiger partial charge in [-0.25, -0.2) is 0 Å². The molecule has 1 nitrogen and oxygen atoms in total. The predicted octanol–water partition coefficient (Wildman–Crippen LogP) is 9.60. The average Bonchev–Trinajstić information content (AvgIpc) is 2.92. The monoisotopic (exact) mass is 564 g/mol. The molecule has 1 atom stereocenters. The molecule has 0 fully saturated rings. The molecule has 0 bridgehead atoms. The molecule has 1 unspecified atom stereocenters. The summed E-state index contributed by atoms with van der Waals surface area (Å²) >= 11 is 0. The molecule has 0 heterocycles. The lowest BCUT2D eigenvalue weighted by Gasteiger charge is -2.39. The molecule has 2 heteroatoms. The number of unbranched alkanes of at least 4 members (excludes halogenated alkanes) is 22. The molecule has 39 heavy (non-hydrogen) atoms. The van der Waals surface area contributed by atoms with Crippen LogP contribution in [-0.2, 0) is 0 Å². The van der Waals surface area contributed by atoms with Crippen LogP contribution in [0.25, 0.3) is 0 Å². The van der Waals surface area contributed by atoms with Gasteiger partial charge in [0.1, 0.15) is 6.04 Å². The van der Waals surface area contributed by atoms with E-state index in [2.05, 4.69) is 58.3 Å². The lowest BCUT2D eigenvalue weighted by Crippen LogP contribution is -3.00. The van der Waals surface area contributed by atoms with Crippen molar-refractivity contribution in [3.8, 4) is 0 Å². The number of halogens is 1. The van der Waals surface area contributed by atoms with Gasteiger partial charge >= 0.3 is 0 Å². The molecule has 0 saturated carbocycles. The SMILES string of the molecule is CCCCCCCCCCCCCCCC[N+](C)(C)C(CCCCCCCCCCCC)c1ccccc1.[Cl-]. The highest BCUT2D eigenvalue weighted by Gasteiger charge is 2.28. The summed E-state index contributed by atoms with van der Waals surface area (Å²) < 4.78 is 1.15. The minimum atomic E-state index is 0. The van der Waals surface area contributed by atoms with Crippen molar-refractivity contribution in [2.45, 2.75) is 180 Å². The van der Waals surface area contributed by atoms with Gasteiger partial charge in [0.05, 0.1) is 20.6 Å². The molecule has 0 aliphatic rings. The second-order valence-corrected chi connectivity index (χ2v) is 13.0. The van der Waals surface area contributed by atoms with Crippen molar-refractivity contribution in [3.05, 3.63) is 35.9 Å². The Bertz CT molecular complexity index is 599. The van der Waals surface area contributed by atoms with Crippen LogP contribution in [0.5, 0.6) is 0 Å². The van der Waals surface area contributed by atoms with Gasteiger partial charge in [-0.2, -0.15) is 0 Å². The zero-order valence-electron chi connectivity index (χ0n) is 27.2. The van der Waals surface area contributed by atoms with E-state index in [1.54, 1.807) is 5.56 Å². The van der Waals surface area contributed by atoms with Gasteiger partial charge in [0.15, 0.2) is 0 Å². The first kappa shape index (κ1) is 38.5. The summed E-state index contributed by atoms with van der Waals surface area (Å²) in [4.78, 5) is 0. The van der Waals surface area contributed by atoms with Crippen molar-refractivity contribution in [2.24, 2.45) is 0 Å². The van der Waals surface area contributed by atoms with E-state index in [4.69, 9.17) is 0 Å². The van der Waals surface area contributed by atoms with Crippen LogP contribution in [0.2, 0.25) is 0 Å². The number of quaternary nitrogens is 1.